The quantitative estimate of drug-likeness (QED) is 0.729. The molecule has 5 nitrogen and oxygen atoms in total. The molecule has 0 radical (unpaired) electrons. The van der Waals surface area contributed by atoms with Crippen molar-refractivity contribution in [3.05, 3.63) is 16.5 Å². The molecular formula is C13H24N2O3S2. The summed E-state index contributed by atoms with van der Waals surface area (Å²) in [5.74, 6) is 0. The van der Waals surface area contributed by atoms with Gasteiger partial charge in [-0.2, -0.15) is 0 Å². The van der Waals surface area contributed by atoms with Crippen LogP contribution in [0.25, 0.3) is 0 Å². The first-order valence-corrected chi connectivity index (χ1v) is 8.99. The van der Waals surface area contributed by atoms with E-state index < -0.39 is 10.0 Å². The van der Waals surface area contributed by atoms with Crippen LogP contribution in [0.3, 0.4) is 0 Å². The van der Waals surface area contributed by atoms with Crippen LogP contribution < -0.4 is 10.0 Å². The van der Waals surface area contributed by atoms with Gasteiger partial charge in [-0.1, -0.05) is 13.3 Å². The highest BCUT2D eigenvalue weighted by Crippen LogP contribution is 2.26. The van der Waals surface area contributed by atoms with Crippen molar-refractivity contribution in [2.45, 2.75) is 43.5 Å². The van der Waals surface area contributed by atoms with Crippen LogP contribution in [0.15, 0.2) is 10.3 Å². The first kappa shape index (κ1) is 17.6. The molecule has 2 N–H and O–H groups in total. The molecule has 1 atom stereocenters. The molecule has 0 aromatic carbocycles. The second kappa shape index (κ2) is 8.09. The number of hydrogen-bond acceptors (Lipinski definition) is 5. The summed E-state index contributed by atoms with van der Waals surface area (Å²) in [6.07, 6.45) is 1.67. The second-order valence-corrected chi connectivity index (χ2v) is 7.84. The zero-order valence-electron chi connectivity index (χ0n) is 12.5. The maximum atomic E-state index is 12.4. The summed E-state index contributed by atoms with van der Waals surface area (Å²) in [6.45, 7) is 5.03. The van der Waals surface area contributed by atoms with Crippen molar-refractivity contribution in [2.24, 2.45) is 0 Å². The lowest BCUT2D eigenvalue weighted by Crippen LogP contribution is -2.37. The Labute approximate surface area is 125 Å². The summed E-state index contributed by atoms with van der Waals surface area (Å²) in [6, 6.07) is 1.56. The number of rotatable bonds is 9. The average molecular weight is 320 g/mol. The summed E-state index contributed by atoms with van der Waals surface area (Å²) in [4.78, 5) is 1.05. The van der Waals surface area contributed by atoms with Crippen molar-refractivity contribution in [3.8, 4) is 0 Å². The molecule has 0 fully saturated rings. The monoisotopic (exact) mass is 320 g/mol. The predicted molar refractivity (Wildman–Crippen MR) is 82.7 cm³/mol. The molecular weight excluding hydrogens is 296 g/mol. The van der Waals surface area contributed by atoms with Gasteiger partial charge >= 0.3 is 0 Å². The lowest BCUT2D eigenvalue weighted by atomic mass is 10.2. The fraction of sp³-hybridized carbons (Fsp3) is 0.692. The molecule has 0 saturated carbocycles. The van der Waals surface area contributed by atoms with E-state index in [0.29, 0.717) is 17.4 Å². The summed E-state index contributed by atoms with van der Waals surface area (Å²) < 4.78 is 32.9. The van der Waals surface area contributed by atoms with Crippen molar-refractivity contribution < 1.29 is 13.2 Å². The number of nitrogens with one attached hydrogen (secondary N) is 2. The van der Waals surface area contributed by atoms with Crippen LogP contribution in [0.1, 0.15) is 30.2 Å². The molecule has 0 aliphatic heterocycles. The smallest absolute Gasteiger partial charge is 0.250 e. The van der Waals surface area contributed by atoms with Crippen LogP contribution in [0.2, 0.25) is 0 Å². The van der Waals surface area contributed by atoms with E-state index in [0.717, 1.165) is 23.3 Å². The Morgan fingerprint density at radius 2 is 2.15 bits per heavy atom. The van der Waals surface area contributed by atoms with Crippen LogP contribution >= 0.6 is 11.3 Å². The Morgan fingerprint density at radius 3 is 2.70 bits per heavy atom. The molecule has 0 bridgehead atoms. The molecule has 0 aliphatic rings. The topological polar surface area (TPSA) is 67.4 Å². The van der Waals surface area contributed by atoms with E-state index >= 15 is 0 Å². The number of thiophene rings is 1. The van der Waals surface area contributed by atoms with E-state index in [-0.39, 0.29) is 6.04 Å². The highest BCUT2D eigenvalue weighted by atomic mass is 32.2. The number of ether oxygens (including phenoxy) is 1. The summed E-state index contributed by atoms with van der Waals surface area (Å²) in [5.41, 5.74) is 1.00. The molecule has 0 saturated heterocycles. The van der Waals surface area contributed by atoms with E-state index in [1.165, 1.54) is 11.3 Å². The fourth-order valence-corrected chi connectivity index (χ4v) is 4.83. The summed E-state index contributed by atoms with van der Waals surface area (Å²) >= 11 is 1.32. The first-order chi connectivity index (χ1) is 9.44. The number of hydrogen-bond donors (Lipinski definition) is 2. The van der Waals surface area contributed by atoms with Crippen molar-refractivity contribution in [2.75, 3.05) is 20.8 Å². The predicted octanol–water partition coefficient (Wildman–Crippen LogP) is 1.87. The third-order valence-corrected chi connectivity index (χ3v) is 6.16. The van der Waals surface area contributed by atoms with E-state index in [1.807, 2.05) is 20.9 Å². The second-order valence-electron chi connectivity index (χ2n) is 4.76. The van der Waals surface area contributed by atoms with Crippen LogP contribution in [-0.4, -0.2) is 35.2 Å². The van der Waals surface area contributed by atoms with Gasteiger partial charge in [0, 0.05) is 24.6 Å². The zero-order chi connectivity index (χ0) is 15.2. The van der Waals surface area contributed by atoms with Crippen LogP contribution in [0.4, 0.5) is 0 Å². The lowest BCUT2D eigenvalue weighted by molar-refractivity contribution is 0.171. The largest absolute Gasteiger partial charge is 0.383 e. The van der Waals surface area contributed by atoms with E-state index in [9.17, 15) is 8.42 Å². The molecule has 7 heteroatoms. The van der Waals surface area contributed by atoms with Gasteiger partial charge in [-0.25, -0.2) is 13.1 Å². The molecule has 1 aromatic heterocycles. The molecule has 1 aromatic rings. The maximum absolute atomic E-state index is 12.4. The third kappa shape index (κ3) is 4.82. The fourth-order valence-electron chi connectivity index (χ4n) is 1.96. The molecule has 0 amide bonds. The van der Waals surface area contributed by atoms with Crippen molar-refractivity contribution in [3.63, 3.8) is 0 Å². The average Bonchev–Trinajstić information content (AvgIpc) is 2.73. The van der Waals surface area contributed by atoms with Gasteiger partial charge < -0.3 is 10.1 Å². The Morgan fingerprint density at radius 1 is 1.45 bits per heavy atom. The third-order valence-electron chi connectivity index (χ3n) is 2.93. The van der Waals surface area contributed by atoms with Crippen molar-refractivity contribution in [1.82, 2.24) is 10.0 Å². The van der Waals surface area contributed by atoms with Gasteiger partial charge in [-0.3, -0.25) is 0 Å². The number of sulfonamides is 1. The van der Waals surface area contributed by atoms with E-state index in [2.05, 4.69) is 10.0 Å². The summed E-state index contributed by atoms with van der Waals surface area (Å²) in [7, 11) is -0.0338. The van der Waals surface area contributed by atoms with Crippen LogP contribution in [-0.2, 0) is 21.3 Å². The van der Waals surface area contributed by atoms with Gasteiger partial charge in [0.25, 0.3) is 0 Å². The highest BCUT2D eigenvalue weighted by Gasteiger charge is 2.22. The molecule has 0 aliphatic carbocycles. The van der Waals surface area contributed by atoms with E-state index in [1.54, 1.807) is 13.2 Å². The molecule has 116 valence electrons. The Balaban J connectivity index is 2.89. The number of methoxy groups -OCH3 is 1. The Bertz CT molecular complexity index is 506. The first-order valence-electron chi connectivity index (χ1n) is 6.69. The van der Waals surface area contributed by atoms with Gasteiger partial charge in [0.1, 0.15) is 4.21 Å². The minimum absolute atomic E-state index is 0.176. The minimum atomic E-state index is -3.46. The highest BCUT2D eigenvalue weighted by molar-refractivity contribution is 7.91. The van der Waals surface area contributed by atoms with Gasteiger partial charge in [0.05, 0.1) is 6.61 Å². The minimum Gasteiger partial charge on any atom is -0.383 e. The molecule has 1 unspecified atom stereocenters. The summed E-state index contributed by atoms with van der Waals surface area (Å²) in [5, 5.41) is 3.05. The van der Waals surface area contributed by atoms with Crippen LogP contribution in [0.5, 0.6) is 0 Å². The normalized spacial score (nSPS) is 13.6. The SMILES string of the molecule is CCCC(COC)NS(=O)(=O)c1cc(C)c(CNC)s1. The van der Waals surface area contributed by atoms with Gasteiger partial charge in [0.15, 0.2) is 0 Å². The molecule has 0 spiro atoms. The van der Waals surface area contributed by atoms with Crippen molar-refractivity contribution in [1.29, 1.82) is 0 Å². The van der Waals surface area contributed by atoms with Gasteiger partial charge in [0.2, 0.25) is 10.0 Å². The van der Waals surface area contributed by atoms with Gasteiger partial charge in [-0.15, -0.1) is 11.3 Å². The maximum Gasteiger partial charge on any atom is 0.250 e. The van der Waals surface area contributed by atoms with Gasteiger partial charge in [-0.05, 0) is 32.0 Å². The Hall–Kier alpha value is -0.470. The standard InChI is InChI=1S/C13H24N2O3S2/c1-5-6-11(9-18-4)15-20(16,17)13-7-10(2)12(19-13)8-14-3/h7,11,14-15H,5-6,8-9H2,1-4H3. The van der Waals surface area contributed by atoms with E-state index in [4.69, 9.17) is 4.74 Å². The van der Waals surface area contributed by atoms with Crippen LogP contribution in [0, 0.1) is 6.92 Å². The Kier molecular flexibility index (Phi) is 7.11. The zero-order valence-corrected chi connectivity index (χ0v) is 14.2. The lowest BCUT2D eigenvalue weighted by Gasteiger charge is -2.16. The molecule has 20 heavy (non-hydrogen) atoms. The molecule has 1 rings (SSSR count). The molecule has 1 heterocycles. The van der Waals surface area contributed by atoms with Crippen molar-refractivity contribution >= 4 is 21.4 Å². The number of aryl methyl sites for hydroxylation is 1.